The van der Waals surface area contributed by atoms with Crippen molar-refractivity contribution in [3.8, 4) is 5.75 Å². The number of aliphatic hydroxyl groups excluding tert-OH is 1. The fourth-order valence-corrected chi connectivity index (χ4v) is 6.33. The van der Waals surface area contributed by atoms with Crippen LogP contribution in [0.5, 0.6) is 5.75 Å². The molecule has 0 aromatic heterocycles. The summed E-state index contributed by atoms with van der Waals surface area (Å²) in [4.78, 5) is 45.8. The lowest BCUT2D eigenvalue weighted by atomic mass is 9.62. The van der Waals surface area contributed by atoms with Crippen molar-refractivity contribution in [2.24, 2.45) is 5.41 Å². The molecule has 4 amide bonds. The second-order valence-corrected chi connectivity index (χ2v) is 11.1. The Morgan fingerprint density at radius 3 is 2.39 bits per heavy atom. The van der Waals surface area contributed by atoms with E-state index in [1.54, 1.807) is 29.2 Å². The standard InChI is InChI=1S/C32H44N4O5/c1-5-11-27(24-16-14-23(4)15-17-24)34-30(40)36-28(38)31(6-2,7-3)32(36,41-26-12-9-8-10-13-26)29(39)35-20-19-33-22-25(35)18-21-37/h8-10,12-17,25,27,33,37H,5-7,11,18-22H2,1-4H3,(H,34,40). The summed E-state index contributed by atoms with van der Waals surface area (Å²) in [5, 5.41) is 16.1. The summed E-state index contributed by atoms with van der Waals surface area (Å²) in [7, 11) is 0. The van der Waals surface area contributed by atoms with Crippen LogP contribution < -0.4 is 15.4 Å². The summed E-state index contributed by atoms with van der Waals surface area (Å²) in [6.45, 7) is 9.12. The van der Waals surface area contributed by atoms with Gasteiger partial charge in [-0.3, -0.25) is 9.59 Å². The third-order valence-electron chi connectivity index (χ3n) is 8.71. The Balaban J connectivity index is 1.81. The minimum Gasteiger partial charge on any atom is -0.457 e. The number of rotatable bonds is 11. The fourth-order valence-electron chi connectivity index (χ4n) is 6.33. The molecule has 0 radical (unpaired) electrons. The summed E-state index contributed by atoms with van der Waals surface area (Å²) < 4.78 is 6.61. The molecule has 3 atom stereocenters. The van der Waals surface area contributed by atoms with Crippen molar-refractivity contribution in [2.75, 3.05) is 26.2 Å². The lowest BCUT2D eigenvalue weighted by Crippen LogP contribution is -2.87. The largest absolute Gasteiger partial charge is 0.457 e. The van der Waals surface area contributed by atoms with Crippen molar-refractivity contribution in [3.05, 3.63) is 65.7 Å². The number of aliphatic hydroxyl groups is 1. The van der Waals surface area contributed by atoms with Crippen LogP contribution >= 0.6 is 0 Å². The van der Waals surface area contributed by atoms with Crippen LogP contribution in [0.2, 0.25) is 0 Å². The number of nitrogens with one attached hydrogen (secondary N) is 2. The predicted octanol–water partition coefficient (Wildman–Crippen LogP) is 4.15. The lowest BCUT2D eigenvalue weighted by molar-refractivity contribution is -0.239. The number of carbonyl (C=O) groups excluding carboxylic acids is 3. The molecule has 2 aliphatic heterocycles. The van der Waals surface area contributed by atoms with E-state index in [0.717, 1.165) is 22.4 Å². The first-order valence-corrected chi connectivity index (χ1v) is 14.9. The number of benzene rings is 2. The third-order valence-corrected chi connectivity index (χ3v) is 8.71. The minimum atomic E-state index is -1.88. The third kappa shape index (κ3) is 5.45. The summed E-state index contributed by atoms with van der Waals surface area (Å²) in [6.07, 6.45) is 2.49. The van der Waals surface area contributed by atoms with E-state index >= 15 is 0 Å². The Kier molecular flexibility index (Phi) is 9.71. The molecule has 3 N–H and O–H groups in total. The van der Waals surface area contributed by atoms with Crippen molar-refractivity contribution in [2.45, 2.75) is 77.6 Å². The lowest BCUT2D eigenvalue weighted by Gasteiger charge is -2.62. The van der Waals surface area contributed by atoms with Gasteiger partial charge in [0.25, 0.3) is 11.6 Å². The Morgan fingerprint density at radius 1 is 1.10 bits per heavy atom. The molecule has 0 bridgehead atoms. The molecule has 3 unspecified atom stereocenters. The zero-order valence-electron chi connectivity index (χ0n) is 24.7. The normalized spacial score (nSPS) is 22.6. The van der Waals surface area contributed by atoms with Crippen LogP contribution in [0.4, 0.5) is 4.79 Å². The van der Waals surface area contributed by atoms with Gasteiger partial charge in [-0.25, -0.2) is 9.69 Å². The molecular formula is C32H44N4O5. The molecule has 4 rings (SSSR count). The van der Waals surface area contributed by atoms with Gasteiger partial charge in [0, 0.05) is 32.3 Å². The molecule has 9 heteroatoms. The van der Waals surface area contributed by atoms with Gasteiger partial charge in [0.05, 0.1) is 6.04 Å². The van der Waals surface area contributed by atoms with E-state index in [2.05, 4.69) is 10.6 Å². The highest BCUT2D eigenvalue weighted by Crippen LogP contribution is 2.55. The molecule has 2 saturated heterocycles. The van der Waals surface area contributed by atoms with Crippen LogP contribution in [0.1, 0.15) is 70.0 Å². The van der Waals surface area contributed by atoms with Gasteiger partial charge in [0.2, 0.25) is 5.91 Å². The summed E-state index contributed by atoms with van der Waals surface area (Å²) in [5.74, 6) is -0.450. The molecule has 9 nitrogen and oxygen atoms in total. The number of hydrogen-bond donors (Lipinski definition) is 3. The number of nitrogens with zero attached hydrogens (tertiary/aromatic N) is 2. The van der Waals surface area contributed by atoms with Crippen molar-refractivity contribution in [1.29, 1.82) is 0 Å². The summed E-state index contributed by atoms with van der Waals surface area (Å²) >= 11 is 0. The van der Waals surface area contributed by atoms with Crippen molar-refractivity contribution >= 4 is 17.8 Å². The monoisotopic (exact) mass is 564 g/mol. The molecule has 0 spiro atoms. The van der Waals surface area contributed by atoms with Gasteiger partial charge in [0.1, 0.15) is 11.2 Å². The number of β-lactam (4-membered cyclic amide) rings is 1. The molecule has 2 heterocycles. The number of urea groups is 1. The Bertz CT molecular complexity index is 1200. The number of para-hydroxylation sites is 1. The Hall–Kier alpha value is -3.43. The van der Waals surface area contributed by atoms with Crippen LogP contribution in [0.15, 0.2) is 54.6 Å². The first-order chi connectivity index (χ1) is 19.8. The molecule has 222 valence electrons. The van der Waals surface area contributed by atoms with Gasteiger partial charge in [-0.15, -0.1) is 0 Å². The smallest absolute Gasteiger partial charge is 0.328 e. The summed E-state index contributed by atoms with van der Waals surface area (Å²) in [6, 6.07) is 15.6. The molecule has 2 aromatic carbocycles. The topological polar surface area (TPSA) is 111 Å². The number of piperazine rings is 1. The van der Waals surface area contributed by atoms with Crippen molar-refractivity contribution in [3.63, 3.8) is 0 Å². The van der Waals surface area contributed by atoms with Crippen LogP contribution in [0, 0.1) is 12.3 Å². The maximum atomic E-state index is 14.8. The second kappa shape index (κ2) is 13.0. The van der Waals surface area contributed by atoms with Gasteiger partial charge in [0.15, 0.2) is 0 Å². The first-order valence-electron chi connectivity index (χ1n) is 14.9. The van der Waals surface area contributed by atoms with Crippen molar-refractivity contribution < 1.29 is 24.2 Å². The highest BCUT2D eigenvalue weighted by atomic mass is 16.5. The highest BCUT2D eigenvalue weighted by Gasteiger charge is 2.79. The minimum absolute atomic E-state index is 0.0895. The molecule has 41 heavy (non-hydrogen) atoms. The van der Waals surface area contributed by atoms with E-state index in [9.17, 15) is 19.5 Å². The van der Waals surface area contributed by atoms with E-state index in [4.69, 9.17) is 4.74 Å². The molecule has 2 aliphatic rings. The van der Waals surface area contributed by atoms with E-state index in [1.807, 2.05) is 58.0 Å². The molecule has 2 fully saturated rings. The number of imide groups is 1. The quantitative estimate of drug-likeness (QED) is 0.354. The molecular weight excluding hydrogens is 520 g/mol. The Labute approximate surface area is 243 Å². The number of ether oxygens (including phenoxy) is 1. The maximum absolute atomic E-state index is 14.8. The van der Waals surface area contributed by atoms with Crippen molar-refractivity contribution in [1.82, 2.24) is 20.4 Å². The first kappa shape index (κ1) is 30.5. The van der Waals surface area contributed by atoms with Crippen LogP contribution in [0.25, 0.3) is 0 Å². The van der Waals surface area contributed by atoms with Gasteiger partial charge in [-0.1, -0.05) is 75.2 Å². The van der Waals surface area contributed by atoms with Gasteiger partial charge >= 0.3 is 6.03 Å². The molecule has 2 aromatic rings. The SMILES string of the molecule is CCCC(NC(=O)N1C(=O)C(CC)(CC)C1(Oc1ccccc1)C(=O)N1CCNCC1CCO)c1ccc(C)cc1. The second-order valence-electron chi connectivity index (χ2n) is 11.1. The van der Waals surface area contributed by atoms with Crippen LogP contribution in [-0.4, -0.2) is 70.8 Å². The number of hydrogen-bond acceptors (Lipinski definition) is 6. The van der Waals surface area contributed by atoms with Gasteiger partial charge in [-0.05, 0) is 50.3 Å². The molecule has 0 aliphatic carbocycles. The maximum Gasteiger partial charge on any atom is 0.328 e. The van der Waals surface area contributed by atoms with Crippen LogP contribution in [0.3, 0.4) is 0 Å². The number of aryl methyl sites for hydroxylation is 1. The van der Waals surface area contributed by atoms with Gasteiger partial charge in [-0.2, -0.15) is 0 Å². The zero-order chi connectivity index (χ0) is 29.6. The average Bonchev–Trinajstić information content (AvgIpc) is 2.98. The predicted molar refractivity (Wildman–Crippen MR) is 157 cm³/mol. The highest BCUT2D eigenvalue weighted by molar-refractivity contribution is 6.13. The van der Waals surface area contributed by atoms with E-state index in [1.165, 1.54) is 0 Å². The number of amides is 4. The number of likely N-dealkylation sites (tertiary alicyclic amines) is 1. The Morgan fingerprint density at radius 2 is 1.78 bits per heavy atom. The summed E-state index contributed by atoms with van der Waals surface area (Å²) in [5.41, 5.74) is -1.08. The van der Waals surface area contributed by atoms with Gasteiger partial charge < -0.3 is 25.4 Å². The average molecular weight is 565 g/mol. The molecule has 0 saturated carbocycles. The van der Waals surface area contributed by atoms with E-state index in [0.29, 0.717) is 51.1 Å². The van der Waals surface area contributed by atoms with Crippen LogP contribution in [-0.2, 0) is 9.59 Å². The van der Waals surface area contributed by atoms with E-state index in [-0.39, 0.29) is 18.7 Å². The number of carbonyl (C=O) groups is 3. The van der Waals surface area contributed by atoms with E-state index < -0.39 is 29.0 Å². The fraction of sp³-hybridized carbons (Fsp3) is 0.531. The zero-order valence-corrected chi connectivity index (χ0v) is 24.7.